The predicted octanol–water partition coefficient (Wildman–Crippen LogP) is 3.60. The molecule has 4 rings (SSSR count). The first-order valence-electron chi connectivity index (χ1n) is 11.5. The fourth-order valence-corrected chi connectivity index (χ4v) is 4.82. The Morgan fingerprint density at radius 1 is 1.06 bits per heavy atom. The summed E-state index contributed by atoms with van der Waals surface area (Å²) in [5.41, 5.74) is 2.71. The monoisotopic (exact) mass is 436 g/mol. The minimum absolute atomic E-state index is 0.147. The zero-order valence-electron chi connectivity index (χ0n) is 18.7. The molecule has 0 bridgehead atoms. The van der Waals surface area contributed by atoms with Crippen LogP contribution in [-0.4, -0.2) is 61.3 Å². The fraction of sp³-hybridized carbons (Fsp3) is 0.462. The van der Waals surface area contributed by atoms with Gasteiger partial charge >= 0.3 is 5.97 Å². The van der Waals surface area contributed by atoms with E-state index in [1.165, 1.54) is 0 Å². The van der Waals surface area contributed by atoms with Gasteiger partial charge in [-0.2, -0.15) is 0 Å². The van der Waals surface area contributed by atoms with Crippen molar-refractivity contribution in [1.82, 2.24) is 10.2 Å². The lowest BCUT2D eigenvalue weighted by Gasteiger charge is -2.38. The molecule has 0 unspecified atom stereocenters. The van der Waals surface area contributed by atoms with Gasteiger partial charge < -0.3 is 20.1 Å². The molecule has 2 fully saturated rings. The number of ether oxygens (including phenoxy) is 1. The van der Waals surface area contributed by atoms with E-state index in [4.69, 9.17) is 4.74 Å². The molecule has 2 saturated heterocycles. The number of nitrogens with zero attached hydrogens (tertiary/aromatic N) is 1. The number of hydrogen-bond acceptors (Lipinski definition) is 4. The van der Waals surface area contributed by atoms with Crippen molar-refractivity contribution in [2.24, 2.45) is 5.41 Å². The number of amides is 1. The lowest BCUT2D eigenvalue weighted by molar-refractivity contribution is -0.137. The van der Waals surface area contributed by atoms with E-state index < -0.39 is 11.4 Å². The number of piperidine rings is 1. The Balaban J connectivity index is 1.54. The van der Waals surface area contributed by atoms with Crippen LogP contribution in [0.15, 0.2) is 48.5 Å². The van der Waals surface area contributed by atoms with Gasteiger partial charge in [-0.15, -0.1) is 0 Å². The summed E-state index contributed by atoms with van der Waals surface area (Å²) >= 11 is 0. The van der Waals surface area contributed by atoms with Crippen LogP contribution in [0.25, 0.3) is 11.1 Å². The van der Waals surface area contributed by atoms with Crippen LogP contribution in [0.2, 0.25) is 0 Å². The number of nitrogens with one attached hydrogen (secondary N) is 1. The minimum atomic E-state index is -0.935. The number of carbonyl (C=O) groups excluding carboxylic acids is 1. The second-order valence-corrected chi connectivity index (χ2v) is 9.21. The van der Waals surface area contributed by atoms with E-state index in [2.05, 4.69) is 29.4 Å². The summed E-state index contributed by atoms with van der Waals surface area (Å²) in [5, 5.41) is 12.7. The molecule has 2 N–H and O–H groups in total. The van der Waals surface area contributed by atoms with Crippen LogP contribution in [0.5, 0.6) is 0 Å². The van der Waals surface area contributed by atoms with Crippen LogP contribution in [0.4, 0.5) is 0 Å². The van der Waals surface area contributed by atoms with Gasteiger partial charge in [0.15, 0.2) is 0 Å². The van der Waals surface area contributed by atoms with E-state index in [-0.39, 0.29) is 17.5 Å². The number of aromatic carboxylic acids is 1. The molecule has 6 nitrogen and oxygen atoms in total. The van der Waals surface area contributed by atoms with Gasteiger partial charge in [-0.1, -0.05) is 36.4 Å². The zero-order chi connectivity index (χ0) is 22.6. The molecule has 0 atom stereocenters. The molecule has 0 spiro atoms. The second kappa shape index (κ2) is 9.84. The number of rotatable bonds is 6. The summed E-state index contributed by atoms with van der Waals surface area (Å²) in [7, 11) is 2.12. The van der Waals surface area contributed by atoms with Gasteiger partial charge in [0.05, 0.1) is 11.0 Å². The smallest absolute Gasteiger partial charge is 0.335 e. The van der Waals surface area contributed by atoms with Gasteiger partial charge in [-0.25, -0.2) is 4.79 Å². The number of likely N-dealkylation sites (tertiary alicyclic amines) is 1. The van der Waals surface area contributed by atoms with E-state index in [1.807, 2.05) is 18.2 Å². The Labute approximate surface area is 189 Å². The fourth-order valence-electron chi connectivity index (χ4n) is 4.82. The summed E-state index contributed by atoms with van der Waals surface area (Å²) in [4.78, 5) is 27.2. The first kappa shape index (κ1) is 22.5. The van der Waals surface area contributed by atoms with E-state index in [0.29, 0.717) is 32.5 Å². The van der Waals surface area contributed by atoms with Crippen molar-refractivity contribution >= 4 is 11.9 Å². The Hall–Kier alpha value is -2.70. The third-order valence-electron chi connectivity index (χ3n) is 6.90. The third kappa shape index (κ3) is 5.19. The van der Waals surface area contributed by atoms with Crippen molar-refractivity contribution in [3.05, 3.63) is 59.7 Å². The molecule has 0 saturated carbocycles. The number of hydrogen-bond donors (Lipinski definition) is 2. The summed E-state index contributed by atoms with van der Waals surface area (Å²) in [6, 6.07) is 15.3. The molecule has 2 aliphatic rings. The number of carbonyl (C=O) groups is 2. The molecule has 6 heteroatoms. The molecule has 0 aliphatic carbocycles. The summed E-state index contributed by atoms with van der Waals surface area (Å²) < 4.78 is 5.60. The lowest BCUT2D eigenvalue weighted by atomic mass is 9.74. The predicted molar refractivity (Wildman–Crippen MR) is 124 cm³/mol. The average molecular weight is 437 g/mol. The topological polar surface area (TPSA) is 78.9 Å². The number of benzene rings is 2. The number of carboxylic acid groups (broad SMARTS) is 1. The van der Waals surface area contributed by atoms with Crippen LogP contribution in [0.3, 0.4) is 0 Å². The summed E-state index contributed by atoms with van der Waals surface area (Å²) in [5.74, 6) is -0.789. The largest absolute Gasteiger partial charge is 0.478 e. The van der Waals surface area contributed by atoms with Crippen LogP contribution in [0.1, 0.15) is 41.6 Å². The van der Waals surface area contributed by atoms with Crippen molar-refractivity contribution < 1.29 is 19.4 Å². The van der Waals surface area contributed by atoms with Crippen LogP contribution in [-0.2, 0) is 16.0 Å². The van der Waals surface area contributed by atoms with E-state index >= 15 is 0 Å². The molecule has 0 aromatic heterocycles. The van der Waals surface area contributed by atoms with Gasteiger partial charge in [0.25, 0.3) is 0 Å². The maximum absolute atomic E-state index is 13.5. The van der Waals surface area contributed by atoms with E-state index in [0.717, 1.165) is 42.6 Å². The first-order chi connectivity index (χ1) is 15.4. The van der Waals surface area contributed by atoms with Gasteiger partial charge in [0.2, 0.25) is 5.91 Å². The normalized spacial score (nSPS) is 19.4. The lowest BCUT2D eigenvalue weighted by Crippen LogP contribution is -2.51. The Morgan fingerprint density at radius 3 is 2.41 bits per heavy atom. The highest BCUT2D eigenvalue weighted by Gasteiger charge is 2.41. The molecule has 2 aromatic rings. The molecule has 2 heterocycles. The van der Waals surface area contributed by atoms with E-state index in [9.17, 15) is 14.7 Å². The SMILES string of the molecule is CN1CCC(NC(=O)C2(Cc3cccc(-c4cccc(C(=O)O)c4)c3)CCOCC2)CC1. The van der Waals surface area contributed by atoms with Crippen LogP contribution in [0, 0.1) is 5.41 Å². The summed E-state index contributed by atoms with van der Waals surface area (Å²) in [6.07, 6.45) is 4.06. The molecule has 1 amide bonds. The van der Waals surface area contributed by atoms with Crippen molar-refractivity contribution in [3.63, 3.8) is 0 Å². The highest BCUT2D eigenvalue weighted by molar-refractivity contribution is 5.89. The Kier molecular flexibility index (Phi) is 6.92. The average Bonchev–Trinajstić information content (AvgIpc) is 2.81. The highest BCUT2D eigenvalue weighted by atomic mass is 16.5. The maximum atomic E-state index is 13.5. The standard InChI is InChI=1S/C26H32N2O4/c1-28-12-8-23(9-13-28)27-25(31)26(10-14-32-15-11-26)18-19-4-2-5-20(16-19)21-6-3-7-22(17-21)24(29)30/h2-7,16-17,23H,8-15,18H2,1H3,(H,27,31)(H,29,30). The van der Waals surface area contributed by atoms with E-state index in [1.54, 1.807) is 18.2 Å². The molecule has 2 aromatic carbocycles. The molecular formula is C26H32N2O4. The van der Waals surface area contributed by atoms with Gasteiger partial charge in [-0.3, -0.25) is 4.79 Å². The van der Waals surface area contributed by atoms with Crippen LogP contribution >= 0.6 is 0 Å². The van der Waals surface area contributed by atoms with Crippen molar-refractivity contribution in [2.75, 3.05) is 33.4 Å². The minimum Gasteiger partial charge on any atom is -0.478 e. The van der Waals surface area contributed by atoms with Gasteiger partial charge in [0.1, 0.15) is 0 Å². The molecule has 2 aliphatic heterocycles. The second-order valence-electron chi connectivity index (χ2n) is 9.21. The van der Waals surface area contributed by atoms with Gasteiger partial charge in [-0.05, 0) is 81.1 Å². The van der Waals surface area contributed by atoms with Crippen molar-refractivity contribution in [1.29, 1.82) is 0 Å². The summed E-state index contributed by atoms with van der Waals surface area (Å²) in [6.45, 7) is 3.22. The Bertz CT molecular complexity index is 960. The zero-order valence-corrected chi connectivity index (χ0v) is 18.7. The van der Waals surface area contributed by atoms with Crippen LogP contribution < -0.4 is 5.32 Å². The quantitative estimate of drug-likeness (QED) is 0.723. The molecule has 170 valence electrons. The van der Waals surface area contributed by atoms with Crippen molar-refractivity contribution in [2.45, 2.75) is 38.1 Å². The third-order valence-corrected chi connectivity index (χ3v) is 6.90. The first-order valence-corrected chi connectivity index (χ1v) is 11.5. The van der Waals surface area contributed by atoms with Crippen molar-refractivity contribution in [3.8, 4) is 11.1 Å². The molecule has 32 heavy (non-hydrogen) atoms. The molecular weight excluding hydrogens is 404 g/mol. The molecule has 0 radical (unpaired) electrons. The maximum Gasteiger partial charge on any atom is 0.335 e. The Morgan fingerprint density at radius 2 is 1.72 bits per heavy atom. The highest BCUT2D eigenvalue weighted by Crippen LogP contribution is 2.36. The number of carboxylic acids is 1. The van der Waals surface area contributed by atoms with Gasteiger partial charge in [0, 0.05) is 19.3 Å².